The molecule has 29 heavy (non-hydrogen) atoms. The molecule has 0 bridgehead atoms. The zero-order chi connectivity index (χ0) is 21.2. The van der Waals surface area contributed by atoms with Gasteiger partial charge in [-0.15, -0.1) is 0 Å². The van der Waals surface area contributed by atoms with Crippen molar-refractivity contribution in [1.29, 1.82) is 0 Å². The van der Waals surface area contributed by atoms with Gasteiger partial charge in [-0.3, -0.25) is 4.79 Å². The van der Waals surface area contributed by atoms with Crippen molar-refractivity contribution >= 4 is 17.4 Å². The van der Waals surface area contributed by atoms with Crippen LogP contribution in [0.15, 0.2) is 17.9 Å². The van der Waals surface area contributed by atoms with E-state index >= 15 is 0 Å². The summed E-state index contributed by atoms with van der Waals surface area (Å²) in [5.41, 5.74) is 3.93. The molecular formula is C23H31NO5. The molecule has 6 heteroatoms. The summed E-state index contributed by atoms with van der Waals surface area (Å²) < 4.78 is 16.3. The molecule has 1 N–H and O–H groups in total. The van der Waals surface area contributed by atoms with Gasteiger partial charge in [-0.25, -0.2) is 4.79 Å². The average Bonchev–Trinajstić information content (AvgIpc) is 2.93. The van der Waals surface area contributed by atoms with Gasteiger partial charge in [0, 0.05) is 14.2 Å². The lowest BCUT2D eigenvalue weighted by molar-refractivity contribution is -0.145. The zero-order valence-corrected chi connectivity index (χ0v) is 18.0. The third-order valence-electron chi connectivity index (χ3n) is 6.03. The van der Waals surface area contributed by atoms with Crippen LogP contribution in [0.5, 0.6) is 0 Å². The first-order valence-corrected chi connectivity index (χ1v) is 10.2. The Hall–Kier alpha value is -2.18. The number of nitrogens with one attached hydrogen (secondary N) is 1. The smallest absolute Gasteiger partial charge is 0.337 e. The summed E-state index contributed by atoms with van der Waals surface area (Å²) in [6.45, 7) is 5.96. The Balaban J connectivity index is 2.15. The molecular weight excluding hydrogens is 370 g/mol. The van der Waals surface area contributed by atoms with Gasteiger partial charge >= 0.3 is 5.97 Å². The van der Waals surface area contributed by atoms with Crippen LogP contribution in [0.2, 0.25) is 0 Å². The molecule has 0 unspecified atom stereocenters. The molecule has 158 valence electrons. The highest BCUT2D eigenvalue weighted by molar-refractivity contribution is 6.24. The maximum Gasteiger partial charge on any atom is 0.337 e. The monoisotopic (exact) mass is 401 g/mol. The van der Waals surface area contributed by atoms with Crippen molar-refractivity contribution in [3.63, 3.8) is 0 Å². The number of benzene rings is 1. The summed E-state index contributed by atoms with van der Waals surface area (Å²) in [4.78, 5) is 25.6. The number of methoxy groups -OCH3 is 2. The molecule has 1 aliphatic carbocycles. The largest absolute Gasteiger partial charge is 0.426 e. The Labute approximate surface area is 172 Å². The van der Waals surface area contributed by atoms with Gasteiger partial charge in [0.15, 0.2) is 0 Å². The fraction of sp³-hybridized carbons (Fsp3) is 0.565. The van der Waals surface area contributed by atoms with E-state index in [1.807, 2.05) is 13.8 Å². The molecule has 6 nitrogen and oxygen atoms in total. The van der Waals surface area contributed by atoms with E-state index in [1.54, 1.807) is 7.11 Å². The van der Waals surface area contributed by atoms with Crippen molar-refractivity contribution in [3.8, 4) is 0 Å². The molecule has 0 radical (unpaired) electrons. The number of esters is 1. The average molecular weight is 402 g/mol. The Morgan fingerprint density at radius 1 is 1.21 bits per heavy atom. The van der Waals surface area contributed by atoms with Crippen LogP contribution in [0.1, 0.15) is 54.9 Å². The van der Waals surface area contributed by atoms with E-state index in [0.717, 1.165) is 41.5 Å². The summed E-state index contributed by atoms with van der Waals surface area (Å²) in [6, 6.07) is 4.17. The van der Waals surface area contributed by atoms with Gasteiger partial charge in [0.05, 0.1) is 17.2 Å². The Bertz CT molecular complexity index is 834. The number of hydrogen-bond donors (Lipinski definition) is 1. The molecule has 1 spiro atoms. The minimum atomic E-state index is -0.673. The quantitative estimate of drug-likeness (QED) is 0.741. The highest BCUT2D eigenvalue weighted by Crippen LogP contribution is 2.45. The molecule has 2 aliphatic rings. The number of ether oxygens (including phenoxy) is 3. The number of carbonyl (C=O) groups excluding carboxylic acids is 2. The standard InChI is InChI=1S/C23H31NO5/c1-6-16-12-14(2)11-15(3)19(16)20-21(29-18(25)13-27-4)23(24-22(20)26)9-7-17(28-5)8-10-23/h11-12,17H,6-10,13H2,1-5H3,(H,24,26). The summed E-state index contributed by atoms with van der Waals surface area (Å²) in [7, 11) is 3.16. The van der Waals surface area contributed by atoms with E-state index in [1.165, 1.54) is 7.11 Å². The third kappa shape index (κ3) is 4.09. The Morgan fingerprint density at radius 3 is 2.48 bits per heavy atom. The molecule has 3 rings (SSSR count). The molecule has 1 amide bonds. The van der Waals surface area contributed by atoms with Crippen LogP contribution in [-0.4, -0.2) is 44.3 Å². The van der Waals surface area contributed by atoms with Crippen LogP contribution in [0.3, 0.4) is 0 Å². The third-order valence-corrected chi connectivity index (χ3v) is 6.03. The van der Waals surface area contributed by atoms with E-state index in [9.17, 15) is 9.59 Å². The van der Waals surface area contributed by atoms with Gasteiger partial charge in [0.2, 0.25) is 0 Å². The second-order valence-corrected chi connectivity index (χ2v) is 8.05. The van der Waals surface area contributed by atoms with Crippen molar-refractivity contribution in [3.05, 3.63) is 40.1 Å². The van der Waals surface area contributed by atoms with Crippen molar-refractivity contribution in [2.45, 2.75) is 64.5 Å². The van der Waals surface area contributed by atoms with Gasteiger partial charge in [-0.1, -0.05) is 24.6 Å². The van der Waals surface area contributed by atoms with Gasteiger partial charge < -0.3 is 19.5 Å². The molecule has 1 fully saturated rings. The first kappa shape index (κ1) is 21.5. The Morgan fingerprint density at radius 2 is 1.90 bits per heavy atom. The molecule has 0 saturated heterocycles. The number of rotatable bonds is 6. The molecule has 1 aromatic rings. The van der Waals surface area contributed by atoms with Crippen LogP contribution in [0.25, 0.3) is 5.57 Å². The molecule has 0 aromatic heterocycles. The molecule has 0 atom stereocenters. The fourth-order valence-electron chi connectivity index (χ4n) is 4.68. The van der Waals surface area contributed by atoms with E-state index in [2.05, 4.69) is 24.4 Å². The number of amides is 1. The number of carbonyl (C=O) groups is 2. The topological polar surface area (TPSA) is 73.9 Å². The number of aryl methyl sites for hydroxylation is 3. The van der Waals surface area contributed by atoms with Crippen LogP contribution in [0, 0.1) is 13.8 Å². The second kappa shape index (κ2) is 8.67. The van der Waals surface area contributed by atoms with Gasteiger partial charge in [0.25, 0.3) is 5.91 Å². The minimum Gasteiger partial charge on any atom is -0.426 e. The number of hydrogen-bond acceptors (Lipinski definition) is 5. The van der Waals surface area contributed by atoms with Crippen molar-refractivity contribution in [2.75, 3.05) is 20.8 Å². The fourth-order valence-corrected chi connectivity index (χ4v) is 4.68. The van der Waals surface area contributed by atoms with Crippen LogP contribution in [-0.2, 0) is 30.2 Å². The normalized spacial score (nSPS) is 24.2. The van der Waals surface area contributed by atoms with E-state index in [0.29, 0.717) is 24.2 Å². The lowest BCUT2D eigenvalue weighted by atomic mass is 9.78. The maximum absolute atomic E-state index is 13.2. The predicted molar refractivity (Wildman–Crippen MR) is 110 cm³/mol. The zero-order valence-electron chi connectivity index (χ0n) is 18.0. The predicted octanol–water partition coefficient (Wildman–Crippen LogP) is 3.22. The summed E-state index contributed by atoms with van der Waals surface area (Å²) in [6.07, 6.45) is 3.87. The molecule has 1 aromatic carbocycles. The van der Waals surface area contributed by atoms with E-state index < -0.39 is 11.5 Å². The summed E-state index contributed by atoms with van der Waals surface area (Å²) in [5.74, 6) is -0.226. The van der Waals surface area contributed by atoms with Crippen molar-refractivity contribution in [1.82, 2.24) is 5.32 Å². The van der Waals surface area contributed by atoms with Crippen LogP contribution >= 0.6 is 0 Å². The molecule has 1 heterocycles. The summed E-state index contributed by atoms with van der Waals surface area (Å²) >= 11 is 0. The Kier molecular flexibility index (Phi) is 6.44. The lowest BCUT2D eigenvalue weighted by Gasteiger charge is -2.37. The van der Waals surface area contributed by atoms with Crippen LogP contribution in [0.4, 0.5) is 0 Å². The van der Waals surface area contributed by atoms with Crippen LogP contribution < -0.4 is 5.32 Å². The first-order valence-electron chi connectivity index (χ1n) is 10.2. The van der Waals surface area contributed by atoms with Crippen molar-refractivity contribution in [2.24, 2.45) is 0 Å². The van der Waals surface area contributed by atoms with Gasteiger partial charge in [-0.05, 0) is 62.6 Å². The second-order valence-electron chi connectivity index (χ2n) is 8.05. The van der Waals surface area contributed by atoms with E-state index in [4.69, 9.17) is 14.2 Å². The molecule has 1 aliphatic heterocycles. The lowest BCUT2D eigenvalue weighted by Crippen LogP contribution is -2.49. The van der Waals surface area contributed by atoms with Gasteiger partial charge in [0.1, 0.15) is 12.4 Å². The SMILES string of the molecule is CCc1cc(C)cc(C)c1C1=C(OC(=O)COC)C2(CCC(OC)CC2)NC1=O. The maximum atomic E-state index is 13.2. The van der Waals surface area contributed by atoms with E-state index in [-0.39, 0.29) is 18.6 Å². The highest BCUT2D eigenvalue weighted by atomic mass is 16.6. The first-order chi connectivity index (χ1) is 13.8. The molecule has 1 saturated carbocycles. The highest BCUT2D eigenvalue weighted by Gasteiger charge is 2.50. The summed E-state index contributed by atoms with van der Waals surface area (Å²) in [5, 5.41) is 3.17. The minimum absolute atomic E-state index is 0.157. The van der Waals surface area contributed by atoms with Gasteiger partial charge in [-0.2, -0.15) is 0 Å². The van der Waals surface area contributed by atoms with Crippen molar-refractivity contribution < 1.29 is 23.8 Å².